The predicted octanol–water partition coefficient (Wildman–Crippen LogP) is 1.88. The number of aromatic hydroxyl groups is 1. The molecule has 0 saturated carbocycles. The Morgan fingerprint density at radius 2 is 2.00 bits per heavy atom. The summed E-state index contributed by atoms with van der Waals surface area (Å²) in [6.07, 6.45) is 0. The Balaban J connectivity index is 3.07. The second-order valence-electron chi connectivity index (χ2n) is 3.36. The maximum absolute atomic E-state index is 12.1. The molecule has 0 aromatic heterocycles. The van der Waals surface area contributed by atoms with E-state index in [1.165, 1.54) is 19.2 Å². The molecular formula is C12H17NO3. The summed E-state index contributed by atoms with van der Waals surface area (Å²) < 4.78 is 5.08. The average molecular weight is 223 g/mol. The lowest BCUT2D eigenvalue weighted by molar-refractivity contribution is 0.0769. The Bertz CT molecular complexity index is 373. The molecule has 0 unspecified atom stereocenters. The van der Waals surface area contributed by atoms with E-state index < -0.39 is 0 Å². The third kappa shape index (κ3) is 2.45. The van der Waals surface area contributed by atoms with Crippen molar-refractivity contribution in [1.82, 2.24) is 4.90 Å². The smallest absolute Gasteiger partial charge is 0.257 e. The number of phenols is 1. The lowest BCUT2D eigenvalue weighted by atomic mass is 10.1. The molecule has 16 heavy (non-hydrogen) atoms. The highest BCUT2D eigenvalue weighted by Crippen LogP contribution is 2.24. The van der Waals surface area contributed by atoms with Crippen LogP contribution in [0, 0.1) is 0 Å². The molecule has 0 spiro atoms. The van der Waals surface area contributed by atoms with Crippen LogP contribution in [-0.2, 0) is 0 Å². The number of nitrogens with zero attached hydrogens (tertiary/aromatic N) is 1. The number of hydrogen-bond donors (Lipinski definition) is 1. The Labute approximate surface area is 95.5 Å². The van der Waals surface area contributed by atoms with Crippen molar-refractivity contribution in [2.75, 3.05) is 20.2 Å². The summed E-state index contributed by atoms with van der Waals surface area (Å²) in [6.45, 7) is 5.15. The van der Waals surface area contributed by atoms with Gasteiger partial charge in [-0.1, -0.05) is 0 Å². The van der Waals surface area contributed by atoms with Gasteiger partial charge in [-0.25, -0.2) is 0 Å². The lowest BCUT2D eigenvalue weighted by Gasteiger charge is -2.19. The standard InChI is InChI=1S/C12H17NO3/c1-4-13(5-2)12(15)10-7-6-9(14)8-11(10)16-3/h6-8,14H,4-5H2,1-3H3. The molecule has 4 heteroatoms. The van der Waals surface area contributed by atoms with E-state index in [0.717, 1.165) is 0 Å². The zero-order valence-electron chi connectivity index (χ0n) is 9.86. The summed E-state index contributed by atoms with van der Waals surface area (Å²) in [7, 11) is 1.48. The van der Waals surface area contributed by atoms with Crippen molar-refractivity contribution >= 4 is 5.91 Å². The zero-order chi connectivity index (χ0) is 12.1. The van der Waals surface area contributed by atoms with Gasteiger partial charge in [0.25, 0.3) is 5.91 Å². The van der Waals surface area contributed by atoms with Crippen molar-refractivity contribution < 1.29 is 14.6 Å². The molecule has 4 nitrogen and oxygen atoms in total. The van der Waals surface area contributed by atoms with Crippen LogP contribution in [-0.4, -0.2) is 36.1 Å². The van der Waals surface area contributed by atoms with Crippen molar-refractivity contribution in [3.05, 3.63) is 23.8 Å². The number of phenolic OH excluding ortho intramolecular Hbond substituents is 1. The van der Waals surface area contributed by atoms with Gasteiger partial charge >= 0.3 is 0 Å². The second kappa shape index (κ2) is 5.39. The summed E-state index contributed by atoms with van der Waals surface area (Å²) in [5.74, 6) is 0.409. The van der Waals surface area contributed by atoms with Crippen molar-refractivity contribution in [1.29, 1.82) is 0 Å². The van der Waals surface area contributed by atoms with E-state index in [1.807, 2.05) is 13.8 Å². The number of rotatable bonds is 4. The molecule has 0 fully saturated rings. The molecule has 0 radical (unpaired) electrons. The molecule has 88 valence electrons. The molecule has 1 N–H and O–H groups in total. The first-order valence-corrected chi connectivity index (χ1v) is 5.30. The molecule has 0 heterocycles. The minimum atomic E-state index is -0.0816. The summed E-state index contributed by atoms with van der Waals surface area (Å²) >= 11 is 0. The minimum Gasteiger partial charge on any atom is -0.508 e. The third-order valence-electron chi connectivity index (χ3n) is 2.47. The van der Waals surface area contributed by atoms with Crippen LogP contribution in [0.1, 0.15) is 24.2 Å². The highest BCUT2D eigenvalue weighted by molar-refractivity contribution is 5.97. The monoisotopic (exact) mass is 223 g/mol. The normalized spacial score (nSPS) is 9.94. The zero-order valence-corrected chi connectivity index (χ0v) is 9.86. The van der Waals surface area contributed by atoms with Gasteiger partial charge in [-0.05, 0) is 26.0 Å². The SMILES string of the molecule is CCN(CC)C(=O)c1ccc(O)cc1OC. The maximum atomic E-state index is 12.1. The Morgan fingerprint density at radius 3 is 2.50 bits per heavy atom. The molecule has 0 aliphatic carbocycles. The van der Waals surface area contributed by atoms with Gasteiger partial charge in [0.2, 0.25) is 0 Å². The van der Waals surface area contributed by atoms with E-state index in [2.05, 4.69) is 0 Å². The van der Waals surface area contributed by atoms with E-state index in [1.54, 1.807) is 11.0 Å². The highest BCUT2D eigenvalue weighted by Gasteiger charge is 2.17. The number of methoxy groups -OCH3 is 1. The first-order chi connectivity index (χ1) is 7.63. The van der Waals surface area contributed by atoms with Crippen LogP contribution in [0.2, 0.25) is 0 Å². The van der Waals surface area contributed by atoms with E-state index in [-0.39, 0.29) is 11.7 Å². The highest BCUT2D eigenvalue weighted by atomic mass is 16.5. The van der Waals surface area contributed by atoms with Gasteiger partial charge in [-0.3, -0.25) is 4.79 Å². The topological polar surface area (TPSA) is 49.8 Å². The van der Waals surface area contributed by atoms with E-state index >= 15 is 0 Å². The molecule has 0 aliphatic rings. The number of carbonyl (C=O) groups is 1. The summed E-state index contributed by atoms with van der Waals surface area (Å²) in [6, 6.07) is 4.50. The fraction of sp³-hybridized carbons (Fsp3) is 0.417. The van der Waals surface area contributed by atoms with Gasteiger partial charge in [-0.2, -0.15) is 0 Å². The minimum absolute atomic E-state index is 0.0816. The Morgan fingerprint density at radius 1 is 1.38 bits per heavy atom. The van der Waals surface area contributed by atoms with E-state index in [4.69, 9.17) is 4.74 Å². The lowest BCUT2D eigenvalue weighted by Crippen LogP contribution is -2.30. The predicted molar refractivity (Wildman–Crippen MR) is 61.9 cm³/mol. The first-order valence-electron chi connectivity index (χ1n) is 5.30. The van der Waals surface area contributed by atoms with Gasteiger partial charge in [-0.15, -0.1) is 0 Å². The Hall–Kier alpha value is -1.71. The summed E-state index contributed by atoms with van der Waals surface area (Å²) in [4.78, 5) is 13.8. The van der Waals surface area contributed by atoms with Gasteiger partial charge in [0.05, 0.1) is 12.7 Å². The second-order valence-corrected chi connectivity index (χ2v) is 3.36. The molecule has 1 aromatic carbocycles. The maximum Gasteiger partial charge on any atom is 0.257 e. The van der Waals surface area contributed by atoms with Crippen molar-refractivity contribution in [3.8, 4) is 11.5 Å². The van der Waals surface area contributed by atoms with Crippen LogP contribution in [0.15, 0.2) is 18.2 Å². The van der Waals surface area contributed by atoms with Crippen LogP contribution >= 0.6 is 0 Å². The fourth-order valence-corrected chi connectivity index (χ4v) is 1.54. The number of benzene rings is 1. The molecule has 1 rings (SSSR count). The number of hydrogen-bond acceptors (Lipinski definition) is 3. The van der Waals surface area contributed by atoms with Gasteiger partial charge in [0.1, 0.15) is 11.5 Å². The van der Waals surface area contributed by atoms with Crippen molar-refractivity contribution in [2.24, 2.45) is 0 Å². The largest absolute Gasteiger partial charge is 0.508 e. The number of amides is 1. The molecule has 1 aromatic rings. The van der Waals surface area contributed by atoms with E-state index in [0.29, 0.717) is 24.4 Å². The average Bonchev–Trinajstić information content (AvgIpc) is 2.30. The quantitative estimate of drug-likeness (QED) is 0.847. The molecule has 0 saturated heterocycles. The molecule has 0 aliphatic heterocycles. The molecule has 0 atom stereocenters. The van der Waals surface area contributed by atoms with Crippen LogP contribution in [0.3, 0.4) is 0 Å². The molecule has 1 amide bonds. The summed E-state index contributed by atoms with van der Waals surface area (Å²) in [5, 5.41) is 9.30. The van der Waals surface area contributed by atoms with Gasteiger partial charge in [0, 0.05) is 19.2 Å². The van der Waals surface area contributed by atoms with Crippen molar-refractivity contribution in [2.45, 2.75) is 13.8 Å². The summed E-state index contributed by atoms with van der Waals surface area (Å²) in [5.41, 5.74) is 0.476. The van der Waals surface area contributed by atoms with Gasteiger partial charge in [0.15, 0.2) is 0 Å². The molecule has 0 bridgehead atoms. The van der Waals surface area contributed by atoms with E-state index in [9.17, 15) is 9.90 Å². The fourth-order valence-electron chi connectivity index (χ4n) is 1.54. The molecular weight excluding hydrogens is 206 g/mol. The van der Waals surface area contributed by atoms with Crippen LogP contribution < -0.4 is 4.74 Å². The first kappa shape index (κ1) is 12.4. The number of ether oxygens (including phenoxy) is 1. The Kier molecular flexibility index (Phi) is 4.17. The third-order valence-corrected chi connectivity index (χ3v) is 2.47. The van der Waals surface area contributed by atoms with Crippen LogP contribution in [0.25, 0.3) is 0 Å². The van der Waals surface area contributed by atoms with Gasteiger partial charge < -0.3 is 14.7 Å². The van der Waals surface area contributed by atoms with Crippen LogP contribution in [0.4, 0.5) is 0 Å². The van der Waals surface area contributed by atoms with Crippen molar-refractivity contribution in [3.63, 3.8) is 0 Å². The number of carbonyl (C=O) groups excluding carboxylic acids is 1. The van der Waals surface area contributed by atoms with Crippen LogP contribution in [0.5, 0.6) is 11.5 Å².